The first-order valence-corrected chi connectivity index (χ1v) is 5.82. The van der Waals surface area contributed by atoms with E-state index in [0.717, 1.165) is 13.1 Å². The van der Waals surface area contributed by atoms with Crippen molar-refractivity contribution in [3.05, 3.63) is 34.4 Å². The van der Waals surface area contributed by atoms with Gasteiger partial charge < -0.3 is 5.32 Å². The summed E-state index contributed by atoms with van der Waals surface area (Å²) in [4.78, 5) is 0. The van der Waals surface area contributed by atoms with Gasteiger partial charge in [0.25, 0.3) is 0 Å². The van der Waals surface area contributed by atoms with Crippen molar-refractivity contribution in [2.75, 3.05) is 6.54 Å². The monoisotopic (exact) mass is 203 g/mol. The molecule has 1 aromatic rings. The smallest absolute Gasteiger partial charge is 0.0211 e. The minimum absolute atomic E-state index is 0.261. The number of nitrogens with one attached hydrogen (secondary N) is 1. The molecule has 0 spiro atoms. The van der Waals surface area contributed by atoms with Crippen LogP contribution in [0.5, 0.6) is 0 Å². The average molecular weight is 203 g/mol. The van der Waals surface area contributed by atoms with Gasteiger partial charge in [0.05, 0.1) is 0 Å². The predicted octanol–water partition coefficient (Wildman–Crippen LogP) is 2.94. The molecular formula is C14H21N. The third-order valence-electron chi connectivity index (χ3n) is 3.33. The molecule has 82 valence electrons. The highest BCUT2D eigenvalue weighted by molar-refractivity contribution is 5.44. The van der Waals surface area contributed by atoms with Gasteiger partial charge in [-0.25, -0.2) is 0 Å². The molecule has 1 aromatic carbocycles. The Balaban J connectivity index is 2.58. The van der Waals surface area contributed by atoms with Gasteiger partial charge in [-0.1, -0.05) is 32.9 Å². The van der Waals surface area contributed by atoms with Gasteiger partial charge in [-0.15, -0.1) is 0 Å². The van der Waals surface area contributed by atoms with Gasteiger partial charge in [0.2, 0.25) is 0 Å². The summed E-state index contributed by atoms with van der Waals surface area (Å²) >= 11 is 0. The average Bonchev–Trinajstić information content (AvgIpc) is 2.17. The standard InChI is InChI=1S/C14H21N/c1-10-5-6-13(14(2,3)4)12-9-15-8-7-11(10)12/h5-6,15H,7-9H2,1-4H3. The van der Waals surface area contributed by atoms with Crippen molar-refractivity contribution in [1.29, 1.82) is 0 Å². The van der Waals surface area contributed by atoms with Crippen LogP contribution in [0.4, 0.5) is 0 Å². The van der Waals surface area contributed by atoms with E-state index in [1.807, 2.05) is 0 Å². The SMILES string of the molecule is Cc1ccc(C(C)(C)C)c2c1CCNC2. The molecule has 0 saturated heterocycles. The number of rotatable bonds is 0. The van der Waals surface area contributed by atoms with E-state index in [4.69, 9.17) is 0 Å². The van der Waals surface area contributed by atoms with Crippen LogP contribution in [-0.4, -0.2) is 6.54 Å². The zero-order valence-electron chi connectivity index (χ0n) is 10.3. The predicted molar refractivity (Wildman–Crippen MR) is 65.3 cm³/mol. The fraction of sp³-hybridized carbons (Fsp3) is 0.571. The first kappa shape index (κ1) is 10.7. The summed E-state index contributed by atoms with van der Waals surface area (Å²) in [7, 11) is 0. The number of benzene rings is 1. The molecule has 0 aromatic heterocycles. The molecule has 0 amide bonds. The van der Waals surface area contributed by atoms with E-state index in [9.17, 15) is 0 Å². The maximum absolute atomic E-state index is 3.48. The van der Waals surface area contributed by atoms with Crippen molar-refractivity contribution in [2.24, 2.45) is 0 Å². The molecule has 2 rings (SSSR count). The van der Waals surface area contributed by atoms with Crippen molar-refractivity contribution in [1.82, 2.24) is 5.32 Å². The molecule has 0 bridgehead atoms. The molecule has 1 aliphatic rings. The zero-order chi connectivity index (χ0) is 11.1. The second-order valence-corrected chi connectivity index (χ2v) is 5.56. The fourth-order valence-corrected chi connectivity index (χ4v) is 2.49. The lowest BCUT2D eigenvalue weighted by molar-refractivity contribution is 0.558. The lowest BCUT2D eigenvalue weighted by Crippen LogP contribution is -2.28. The van der Waals surface area contributed by atoms with Crippen LogP contribution in [0.25, 0.3) is 0 Å². The molecule has 15 heavy (non-hydrogen) atoms. The first-order valence-electron chi connectivity index (χ1n) is 5.82. The molecule has 0 fully saturated rings. The number of aryl methyl sites for hydroxylation is 1. The molecule has 1 aliphatic heterocycles. The van der Waals surface area contributed by atoms with Gasteiger partial charge in [-0.2, -0.15) is 0 Å². The molecule has 0 aliphatic carbocycles. The summed E-state index contributed by atoms with van der Waals surface area (Å²) in [6.45, 7) is 11.3. The van der Waals surface area contributed by atoms with Crippen LogP contribution in [0.15, 0.2) is 12.1 Å². The summed E-state index contributed by atoms with van der Waals surface area (Å²) in [5.74, 6) is 0. The molecule has 0 radical (unpaired) electrons. The van der Waals surface area contributed by atoms with Crippen LogP contribution in [0.1, 0.15) is 43.0 Å². The third kappa shape index (κ3) is 1.93. The van der Waals surface area contributed by atoms with E-state index in [1.165, 1.54) is 17.5 Å². The molecular weight excluding hydrogens is 182 g/mol. The van der Waals surface area contributed by atoms with E-state index in [-0.39, 0.29) is 5.41 Å². The largest absolute Gasteiger partial charge is 0.312 e. The lowest BCUT2D eigenvalue weighted by Gasteiger charge is -2.29. The summed E-state index contributed by atoms with van der Waals surface area (Å²) in [6.07, 6.45) is 1.19. The van der Waals surface area contributed by atoms with Gasteiger partial charge >= 0.3 is 0 Å². The molecule has 1 nitrogen and oxygen atoms in total. The van der Waals surface area contributed by atoms with E-state index >= 15 is 0 Å². The Labute approximate surface area is 92.9 Å². The van der Waals surface area contributed by atoms with Crippen molar-refractivity contribution in [3.63, 3.8) is 0 Å². The normalized spacial score (nSPS) is 16.3. The quantitative estimate of drug-likeness (QED) is 0.683. The van der Waals surface area contributed by atoms with Crippen molar-refractivity contribution in [2.45, 2.75) is 46.1 Å². The Hall–Kier alpha value is -0.820. The number of fused-ring (bicyclic) bond motifs is 1. The fourth-order valence-electron chi connectivity index (χ4n) is 2.49. The minimum atomic E-state index is 0.261. The highest BCUT2D eigenvalue weighted by atomic mass is 14.9. The van der Waals surface area contributed by atoms with Crippen LogP contribution in [0, 0.1) is 6.92 Å². The van der Waals surface area contributed by atoms with Crippen molar-refractivity contribution >= 4 is 0 Å². The van der Waals surface area contributed by atoms with E-state index in [0.29, 0.717) is 0 Å². The highest BCUT2D eigenvalue weighted by Gasteiger charge is 2.22. The third-order valence-corrected chi connectivity index (χ3v) is 3.33. The molecule has 1 heterocycles. The molecule has 1 heteroatoms. The van der Waals surface area contributed by atoms with Crippen LogP contribution in [0.3, 0.4) is 0 Å². The first-order chi connectivity index (χ1) is 7.00. The maximum Gasteiger partial charge on any atom is 0.0211 e. The second-order valence-electron chi connectivity index (χ2n) is 5.56. The number of hydrogen-bond donors (Lipinski definition) is 1. The summed E-state index contributed by atoms with van der Waals surface area (Å²) in [5, 5.41) is 3.48. The lowest BCUT2D eigenvalue weighted by atomic mass is 9.79. The number of hydrogen-bond acceptors (Lipinski definition) is 1. The summed E-state index contributed by atoms with van der Waals surface area (Å²) < 4.78 is 0. The Morgan fingerprint density at radius 2 is 1.87 bits per heavy atom. The van der Waals surface area contributed by atoms with E-state index in [1.54, 1.807) is 11.1 Å². The van der Waals surface area contributed by atoms with E-state index < -0.39 is 0 Å². The molecule has 0 atom stereocenters. The second kappa shape index (κ2) is 3.64. The van der Waals surface area contributed by atoms with Crippen molar-refractivity contribution in [3.8, 4) is 0 Å². The molecule has 0 unspecified atom stereocenters. The van der Waals surface area contributed by atoms with Gasteiger partial charge in [0.15, 0.2) is 0 Å². The minimum Gasteiger partial charge on any atom is -0.312 e. The van der Waals surface area contributed by atoms with Gasteiger partial charge in [0, 0.05) is 6.54 Å². The van der Waals surface area contributed by atoms with Crippen LogP contribution >= 0.6 is 0 Å². The van der Waals surface area contributed by atoms with Gasteiger partial charge in [0.1, 0.15) is 0 Å². The Morgan fingerprint density at radius 3 is 2.53 bits per heavy atom. The summed E-state index contributed by atoms with van der Waals surface area (Å²) in [5.41, 5.74) is 6.36. The van der Waals surface area contributed by atoms with Crippen LogP contribution in [0.2, 0.25) is 0 Å². The maximum atomic E-state index is 3.48. The van der Waals surface area contributed by atoms with E-state index in [2.05, 4.69) is 45.1 Å². The van der Waals surface area contributed by atoms with Crippen LogP contribution in [-0.2, 0) is 18.4 Å². The Kier molecular flexibility index (Phi) is 2.59. The van der Waals surface area contributed by atoms with Gasteiger partial charge in [-0.3, -0.25) is 0 Å². The van der Waals surface area contributed by atoms with Crippen LogP contribution < -0.4 is 5.32 Å². The zero-order valence-corrected chi connectivity index (χ0v) is 10.3. The highest BCUT2D eigenvalue weighted by Crippen LogP contribution is 2.31. The van der Waals surface area contributed by atoms with Crippen molar-refractivity contribution < 1.29 is 0 Å². The summed E-state index contributed by atoms with van der Waals surface area (Å²) in [6, 6.07) is 4.59. The Morgan fingerprint density at radius 1 is 1.13 bits per heavy atom. The molecule has 1 N–H and O–H groups in total. The van der Waals surface area contributed by atoms with Gasteiger partial charge in [-0.05, 0) is 47.6 Å². The topological polar surface area (TPSA) is 12.0 Å². The molecule has 0 saturated carbocycles. The Bertz CT molecular complexity index is 372.